The lowest BCUT2D eigenvalue weighted by Crippen LogP contribution is -2.07. The smallest absolute Gasteiger partial charge is 0.206 e. The van der Waals surface area contributed by atoms with E-state index in [2.05, 4.69) is 17.4 Å². The maximum Gasteiger partial charge on any atom is 0.206 e. The van der Waals surface area contributed by atoms with E-state index in [-0.39, 0.29) is 0 Å². The van der Waals surface area contributed by atoms with Gasteiger partial charge in [0.25, 0.3) is 0 Å². The molecular formula is C9H17N3O2S. The van der Waals surface area contributed by atoms with Crippen molar-refractivity contribution in [3.63, 3.8) is 0 Å². The van der Waals surface area contributed by atoms with Gasteiger partial charge in [0.05, 0.1) is 6.26 Å². The Morgan fingerprint density at radius 2 is 1.67 bits per heavy atom. The molecule has 0 heterocycles. The molecule has 0 unspecified atom stereocenters. The standard InChI is InChI=1S/C8H12N2.CH5NO2S/c1-2-10-8-5-3-7(9)4-6-8;1-5(2,3)4/h3-6,10H,2,9H2,1H3;1H3,(H2,2,3,4). The fourth-order valence-electron chi connectivity index (χ4n) is 0.805. The first-order valence-corrected chi connectivity index (χ1v) is 6.35. The summed E-state index contributed by atoms with van der Waals surface area (Å²) in [5, 5.41) is 7.51. The molecule has 5 nitrogen and oxygen atoms in total. The highest BCUT2D eigenvalue weighted by Crippen LogP contribution is 2.09. The summed E-state index contributed by atoms with van der Waals surface area (Å²) in [6, 6.07) is 7.72. The van der Waals surface area contributed by atoms with E-state index in [9.17, 15) is 8.42 Å². The van der Waals surface area contributed by atoms with Gasteiger partial charge in [-0.15, -0.1) is 0 Å². The lowest BCUT2D eigenvalue weighted by atomic mass is 10.3. The van der Waals surface area contributed by atoms with Gasteiger partial charge in [-0.05, 0) is 31.2 Å². The topological polar surface area (TPSA) is 98.2 Å². The van der Waals surface area contributed by atoms with Crippen molar-refractivity contribution in [3.8, 4) is 0 Å². The van der Waals surface area contributed by atoms with E-state index in [0.29, 0.717) is 0 Å². The number of hydrogen-bond acceptors (Lipinski definition) is 4. The lowest BCUT2D eigenvalue weighted by molar-refractivity contribution is 0.603. The number of hydrogen-bond donors (Lipinski definition) is 3. The molecule has 0 atom stereocenters. The SMILES string of the molecule is CCNc1ccc(N)cc1.CS(N)(=O)=O. The predicted octanol–water partition coefficient (Wildman–Crippen LogP) is 0.605. The Kier molecular flexibility index (Phi) is 5.73. The van der Waals surface area contributed by atoms with Crippen LogP contribution in [0.2, 0.25) is 0 Å². The lowest BCUT2D eigenvalue weighted by Gasteiger charge is -2.01. The van der Waals surface area contributed by atoms with Crippen molar-refractivity contribution in [1.82, 2.24) is 0 Å². The first-order valence-electron chi connectivity index (χ1n) is 4.40. The van der Waals surface area contributed by atoms with Gasteiger partial charge in [-0.25, -0.2) is 13.6 Å². The zero-order chi connectivity index (χ0) is 11.9. The van der Waals surface area contributed by atoms with Gasteiger partial charge in [0.15, 0.2) is 0 Å². The Morgan fingerprint density at radius 3 is 2.00 bits per heavy atom. The fourth-order valence-corrected chi connectivity index (χ4v) is 0.805. The van der Waals surface area contributed by atoms with Gasteiger partial charge in [0.1, 0.15) is 0 Å². The molecule has 0 fully saturated rings. The van der Waals surface area contributed by atoms with Gasteiger partial charge < -0.3 is 11.1 Å². The number of nitrogens with two attached hydrogens (primary N) is 2. The molecular weight excluding hydrogens is 214 g/mol. The fraction of sp³-hybridized carbons (Fsp3) is 0.333. The summed E-state index contributed by atoms with van der Waals surface area (Å²) in [4.78, 5) is 0. The van der Waals surface area contributed by atoms with Gasteiger partial charge in [-0.2, -0.15) is 0 Å². The van der Waals surface area contributed by atoms with Crippen molar-refractivity contribution < 1.29 is 8.42 Å². The molecule has 5 N–H and O–H groups in total. The van der Waals surface area contributed by atoms with Crippen molar-refractivity contribution in [2.45, 2.75) is 6.92 Å². The van der Waals surface area contributed by atoms with Crippen molar-refractivity contribution in [2.24, 2.45) is 5.14 Å². The third-order valence-electron chi connectivity index (χ3n) is 1.29. The van der Waals surface area contributed by atoms with Gasteiger partial charge in [-0.3, -0.25) is 0 Å². The van der Waals surface area contributed by atoms with Crippen molar-refractivity contribution >= 4 is 21.4 Å². The van der Waals surface area contributed by atoms with Crippen LogP contribution in [0.15, 0.2) is 24.3 Å². The quantitative estimate of drug-likeness (QED) is 0.649. The second kappa shape index (κ2) is 6.26. The Hall–Kier alpha value is -1.27. The molecule has 0 amide bonds. The minimum atomic E-state index is -3.17. The molecule has 0 aliphatic carbocycles. The number of rotatable bonds is 2. The van der Waals surface area contributed by atoms with E-state index >= 15 is 0 Å². The van der Waals surface area contributed by atoms with E-state index < -0.39 is 10.0 Å². The summed E-state index contributed by atoms with van der Waals surface area (Å²) in [6.45, 7) is 3.01. The molecule has 1 aromatic rings. The van der Waals surface area contributed by atoms with Crippen molar-refractivity contribution in [3.05, 3.63) is 24.3 Å². The predicted molar refractivity (Wildman–Crippen MR) is 64.0 cm³/mol. The summed E-state index contributed by atoms with van der Waals surface area (Å²) in [5.41, 5.74) is 7.42. The van der Waals surface area contributed by atoms with Crippen molar-refractivity contribution in [2.75, 3.05) is 23.9 Å². The maximum absolute atomic E-state index is 9.41. The minimum Gasteiger partial charge on any atom is -0.399 e. The highest BCUT2D eigenvalue weighted by Gasteiger charge is 1.86. The molecule has 0 bridgehead atoms. The summed E-state index contributed by atoms with van der Waals surface area (Å²) >= 11 is 0. The number of nitrogen functional groups attached to an aromatic ring is 1. The molecule has 0 spiro atoms. The minimum absolute atomic E-state index is 0.807. The van der Waals surface area contributed by atoms with Crippen LogP contribution in [0.5, 0.6) is 0 Å². The Bertz CT molecular complexity index is 365. The molecule has 15 heavy (non-hydrogen) atoms. The molecule has 0 aliphatic rings. The van der Waals surface area contributed by atoms with Crippen LogP contribution in [-0.2, 0) is 10.0 Å². The molecule has 1 rings (SSSR count). The average Bonchev–Trinajstić information content (AvgIpc) is 2.06. The number of nitrogens with one attached hydrogen (secondary N) is 1. The van der Waals surface area contributed by atoms with Crippen LogP contribution in [0.25, 0.3) is 0 Å². The summed E-state index contributed by atoms with van der Waals surface area (Å²) in [7, 11) is -3.17. The molecule has 6 heteroatoms. The first-order chi connectivity index (χ1) is 6.83. The van der Waals surface area contributed by atoms with Gasteiger partial charge in [0, 0.05) is 17.9 Å². The zero-order valence-electron chi connectivity index (χ0n) is 8.90. The third kappa shape index (κ3) is 10.7. The molecule has 0 saturated heterocycles. The molecule has 0 aliphatic heterocycles. The number of anilines is 2. The van der Waals surface area contributed by atoms with Crippen LogP contribution >= 0.6 is 0 Å². The molecule has 86 valence electrons. The van der Waals surface area contributed by atoms with E-state index in [1.54, 1.807) is 0 Å². The largest absolute Gasteiger partial charge is 0.399 e. The number of primary sulfonamides is 1. The second-order valence-electron chi connectivity index (χ2n) is 2.98. The Balaban J connectivity index is 0.000000336. The van der Waals surface area contributed by atoms with E-state index in [4.69, 9.17) is 5.73 Å². The van der Waals surface area contributed by atoms with Crippen LogP contribution in [0.1, 0.15) is 6.92 Å². The van der Waals surface area contributed by atoms with E-state index in [1.807, 2.05) is 24.3 Å². The normalized spacial score (nSPS) is 10.1. The monoisotopic (exact) mass is 231 g/mol. The molecule has 0 saturated carbocycles. The molecule has 0 aromatic heterocycles. The molecule has 1 aromatic carbocycles. The van der Waals surface area contributed by atoms with Gasteiger partial charge in [-0.1, -0.05) is 0 Å². The highest BCUT2D eigenvalue weighted by atomic mass is 32.2. The summed E-state index contributed by atoms with van der Waals surface area (Å²) in [6.07, 6.45) is 0.938. The summed E-state index contributed by atoms with van der Waals surface area (Å²) < 4.78 is 18.8. The van der Waals surface area contributed by atoms with Gasteiger partial charge >= 0.3 is 0 Å². The highest BCUT2D eigenvalue weighted by molar-refractivity contribution is 7.88. The third-order valence-corrected chi connectivity index (χ3v) is 1.29. The zero-order valence-corrected chi connectivity index (χ0v) is 9.71. The van der Waals surface area contributed by atoms with Crippen LogP contribution in [0.3, 0.4) is 0 Å². The first kappa shape index (κ1) is 13.7. The molecule has 0 radical (unpaired) electrons. The van der Waals surface area contributed by atoms with Crippen molar-refractivity contribution in [1.29, 1.82) is 0 Å². The van der Waals surface area contributed by atoms with Crippen LogP contribution in [0, 0.1) is 0 Å². The van der Waals surface area contributed by atoms with E-state index in [1.165, 1.54) is 0 Å². The number of sulfonamides is 1. The summed E-state index contributed by atoms with van der Waals surface area (Å²) in [5.74, 6) is 0. The Labute approximate surface area is 90.5 Å². The maximum atomic E-state index is 9.41. The van der Waals surface area contributed by atoms with Crippen LogP contribution < -0.4 is 16.2 Å². The average molecular weight is 231 g/mol. The second-order valence-corrected chi connectivity index (χ2v) is 4.64. The van der Waals surface area contributed by atoms with Crippen LogP contribution in [-0.4, -0.2) is 21.2 Å². The Morgan fingerprint density at radius 1 is 1.27 bits per heavy atom. The van der Waals surface area contributed by atoms with E-state index in [0.717, 1.165) is 24.2 Å². The van der Waals surface area contributed by atoms with Gasteiger partial charge in [0.2, 0.25) is 10.0 Å². The van der Waals surface area contributed by atoms with Crippen LogP contribution in [0.4, 0.5) is 11.4 Å². The number of benzene rings is 1.